The van der Waals surface area contributed by atoms with Crippen LogP contribution in [0.2, 0.25) is 0 Å². The van der Waals surface area contributed by atoms with Crippen molar-refractivity contribution in [3.05, 3.63) is 24.2 Å². The summed E-state index contributed by atoms with van der Waals surface area (Å²) in [6, 6.07) is 5.01. The van der Waals surface area contributed by atoms with Gasteiger partial charge < -0.3 is 30.2 Å². The lowest BCUT2D eigenvalue weighted by Gasteiger charge is -2.24. The van der Waals surface area contributed by atoms with E-state index in [1.165, 1.54) is 10.8 Å². The first-order chi connectivity index (χ1) is 13.3. The van der Waals surface area contributed by atoms with Gasteiger partial charge in [0.1, 0.15) is 48.9 Å². The summed E-state index contributed by atoms with van der Waals surface area (Å²) in [7, 11) is 0. The molecule has 0 radical (unpaired) electrons. The van der Waals surface area contributed by atoms with Gasteiger partial charge >= 0.3 is 6.16 Å². The number of ether oxygens (including phenoxy) is 3. The number of fused-ring (bicyclic) bond motifs is 1. The van der Waals surface area contributed by atoms with Gasteiger partial charge in [0.2, 0.25) is 5.60 Å². The van der Waals surface area contributed by atoms with Gasteiger partial charge in [0, 0.05) is 0 Å². The second-order valence-corrected chi connectivity index (χ2v) is 6.55. The van der Waals surface area contributed by atoms with Crippen molar-refractivity contribution >= 4 is 17.5 Å². The highest BCUT2D eigenvalue weighted by molar-refractivity contribution is 5.65. The number of nitrogens with zero attached hydrogens (tertiary/aromatic N) is 4. The van der Waals surface area contributed by atoms with E-state index in [0.717, 1.165) is 0 Å². The summed E-state index contributed by atoms with van der Waals surface area (Å²) in [5, 5.41) is 34.6. The highest BCUT2D eigenvalue weighted by atomic mass is 16.7. The second kappa shape index (κ2) is 7.59. The number of nitriles is 1. The third-order valence-corrected chi connectivity index (χ3v) is 4.72. The van der Waals surface area contributed by atoms with Crippen LogP contribution in [0.5, 0.6) is 0 Å². The van der Waals surface area contributed by atoms with Crippen molar-refractivity contribution in [1.29, 1.82) is 5.26 Å². The van der Waals surface area contributed by atoms with E-state index in [0.29, 0.717) is 17.6 Å². The van der Waals surface area contributed by atoms with Crippen LogP contribution in [0.4, 0.5) is 10.6 Å². The summed E-state index contributed by atoms with van der Waals surface area (Å²) >= 11 is 0. The first-order valence-corrected chi connectivity index (χ1v) is 8.69. The number of hydrogen-bond donors (Lipinski definition) is 3. The van der Waals surface area contributed by atoms with E-state index in [4.69, 9.17) is 19.9 Å². The highest BCUT2D eigenvalue weighted by Crippen LogP contribution is 2.40. The standard InChI is InChI=1S/C17H21N5O6/c1-3-9(2)27-16(25)26-7-17(6-18)14(24)12(23)13(28-17)10-4-5-11-15(19)20-8-21-22(10)11/h4-5,8-9,12-14,23-24H,3,7H2,1-2H3,(H2,19,20,21)/t9-,12-,13-,14-,17+/m0/s1. The quantitative estimate of drug-likeness (QED) is 0.604. The van der Waals surface area contributed by atoms with Gasteiger partial charge in [0.05, 0.1) is 5.69 Å². The normalized spacial score (nSPS) is 28.0. The number of anilines is 1. The van der Waals surface area contributed by atoms with Crippen molar-refractivity contribution in [2.45, 2.75) is 50.3 Å². The monoisotopic (exact) mass is 391 g/mol. The summed E-state index contributed by atoms with van der Waals surface area (Å²) < 4.78 is 17.0. The lowest BCUT2D eigenvalue weighted by Crippen LogP contribution is -2.46. The van der Waals surface area contributed by atoms with E-state index in [1.807, 2.05) is 6.92 Å². The van der Waals surface area contributed by atoms with E-state index in [9.17, 15) is 20.3 Å². The zero-order chi connectivity index (χ0) is 20.5. The van der Waals surface area contributed by atoms with Crippen molar-refractivity contribution in [2.75, 3.05) is 12.3 Å². The Labute approximate surface area is 160 Å². The fourth-order valence-electron chi connectivity index (χ4n) is 2.92. The van der Waals surface area contributed by atoms with Crippen LogP contribution in [0.15, 0.2) is 18.5 Å². The second-order valence-electron chi connectivity index (χ2n) is 6.55. The minimum Gasteiger partial charge on any atom is -0.431 e. The number of aliphatic hydroxyl groups excluding tert-OH is 2. The smallest absolute Gasteiger partial charge is 0.431 e. The molecule has 3 heterocycles. The van der Waals surface area contributed by atoms with Crippen LogP contribution in [-0.4, -0.2) is 61.5 Å². The Kier molecular flexibility index (Phi) is 5.37. The molecule has 0 saturated carbocycles. The summed E-state index contributed by atoms with van der Waals surface area (Å²) in [5.41, 5.74) is 4.66. The predicted octanol–water partition coefficient (Wildman–Crippen LogP) is 0.319. The largest absolute Gasteiger partial charge is 0.508 e. The molecule has 3 rings (SSSR count). The SMILES string of the molecule is CC[C@H](C)OC(=O)OC[C@@]1(C#N)O[C@@H](c2ccc3c(N)ncnn23)[C@H](O)[C@@H]1O. The van der Waals surface area contributed by atoms with Crippen molar-refractivity contribution < 1.29 is 29.2 Å². The molecule has 0 spiro atoms. The lowest BCUT2D eigenvalue weighted by molar-refractivity contribution is -0.0883. The molecule has 1 aliphatic rings. The van der Waals surface area contributed by atoms with Gasteiger partial charge in [-0.1, -0.05) is 6.92 Å². The summed E-state index contributed by atoms with van der Waals surface area (Å²) in [5.74, 6) is 0.219. The van der Waals surface area contributed by atoms with E-state index >= 15 is 0 Å². The van der Waals surface area contributed by atoms with Gasteiger partial charge in [0.25, 0.3) is 0 Å². The summed E-state index contributed by atoms with van der Waals surface area (Å²) in [6.45, 7) is 2.90. The molecule has 150 valence electrons. The molecule has 28 heavy (non-hydrogen) atoms. The predicted molar refractivity (Wildman–Crippen MR) is 93.8 cm³/mol. The Morgan fingerprint density at radius 1 is 1.54 bits per heavy atom. The van der Waals surface area contributed by atoms with Crippen molar-refractivity contribution in [2.24, 2.45) is 0 Å². The fraction of sp³-hybridized carbons (Fsp3) is 0.529. The van der Waals surface area contributed by atoms with Crippen LogP contribution < -0.4 is 5.73 Å². The topological polar surface area (TPSA) is 165 Å². The molecule has 0 bridgehead atoms. The van der Waals surface area contributed by atoms with Gasteiger partial charge in [-0.15, -0.1) is 0 Å². The summed E-state index contributed by atoms with van der Waals surface area (Å²) in [4.78, 5) is 15.6. The van der Waals surface area contributed by atoms with Crippen LogP contribution in [0.25, 0.3) is 5.52 Å². The van der Waals surface area contributed by atoms with Gasteiger partial charge in [0.15, 0.2) is 5.82 Å². The number of nitrogens with two attached hydrogens (primary N) is 1. The molecule has 0 aliphatic carbocycles. The third-order valence-electron chi connectivity index (χ3n) is 4.72. The molecular weight excluding hydrogens is 370 g/mol. The molecule has 11 heteroatoms. The molecule has 0 aromatic carbocycles. The molecule has 0 amide bonds. The molecule has 5 atom stereocenters. The Balaban J connectivity index is 1.82. The van der Waals surface area contributed by atoms with Crippen LogP contribution in [0.1, 0.15) is 32.1 Å². The molecule has 1 aliphatic heterocycles. The van der Waals surface area contributed by atoms with E-state index in [2.05, 4.69) is 10.1 Å². The summed E-state index contributed by atoms with van der Waals surface area (Å²) in [6.07, 6.45) is -3.76. The molecule has 0 unspecified atom stereocenters. The number of aliphatic hydroxyl groups is 2. The molecule has 11 nitrogen and oxygen atoms in total. The van der Waals surface area contributed by atoms with Crippen LogP contribution in [0, 0.1) is 11.3 Å². The maximum absolute atomic E-state index is 11.7. The maximum Gasteiger partial charge on any atom is 0.508 e. The van der Waals surface area contributed by atoms with Crippen LogP contribution in [-0.2, 0) is 14.2 Å². The van der Waals surface area contributed by atoms with E-state index in [1.54, 1.807) is 25.1 Å². The molecule has 1 saturated heterocycles. The number of nitrogen functional groups attached to an aromatic ring is 1. The molecule has 1 fully saturated rings. The molecule has 4 N–H and O–H groups in total. The zero-order valence-electron chi connectivity index (χ0n) is 15.3. The number of hydrogen-bond acceptors (Lipinski definition) is 10. The number of aromatic nitrogens is 3. The Hall–Kier alpha value is -2.94. The molecule has 2 aromatic rings. The van der Waals surface area contributed by atoms with Crippen LogP contribution >= 0.6 is 0 Å². The number of carbonyl (C=O) groups is 1. The van der Waals surface area contributed by atoms with E-state index in [-0.39, 0.29) is 11.9 Å². The molecular formula is C17H21N5O6. The first-order valence-electron chi connectivity index (χ1n) is 8.69. The van der Waals surface area contributed by atoms with Gasteiger partial charge in [-0.2, -0.15) is 10.4 Å². The number of rotatable bonds is 5. The minimum absolute atomic E-state index is 0.219. The maximum atomic E-state index is 11.7. The van der Waals surface area contributed by atoms with Gasteiger partial charge in [-0.05, 0) is 25.5 Å². The molecule has 2 aromatic heterocycles. The van der Waals surface area contributed by atoms with Crippen molar-refractivity contribution in [1.82, 2.24) is 14.6 Å². The first kappa shape index (κ1) is 19.8. The van der Waals surface area contributed by atoms with Crippen molar-refractivity contribution in [3.63, 3.8) is 0 Å². The average molecular weight is 391 g/mol. The highest BCUT2D eigenvalue weighted by Gasteiger charge is 2.57. The average Bonchev–Trinajstić information content (AvgIpc) is 3.22. The minimum atomic E-state index is -1.97. The Bertz CT molecular complexity index is 911. The third kappa shape index (κ3) is 3.33. The van der Waals surface area contributed by atoms with E-state index < -0.39 is 36.7 Å². The lowest BCUT2D eigenvalue weighted by atomic mass is 9.96. The Morgan fingerprint density at radius 2 is 2.29 bits per heavy atom. The van der Waals surface area contributed by atoms with Crippen molar-refractivity contribution in [3.8, 4) is 6.07 Å². The van der Waals surface area contributed by atoms with Gasteiger partial charge in [-0.25, -0.2) is 14.3 Å². The zero-order valence-corrected chi connectivity index (χ0v) is 15.3. The number of carbonyl (C=O) groups excluding carboxylic acids is 1. The fourth-order valence-corrected chi connectivity index (χ4v) is 2.92. The van der Waals surface area contributed by atoms with Crippen LogP contribution in [0.3, 0.4) is 0 Å². The Morgan fingerprint density at radius 3 is 2.96 bits per heavy atom. The van der Waals surface area contributed by atoms with Gasteiger partial charge in [-0.3, -0.25) is 0 Å².